The molecule has 0 radical (unpaired) electrons. The van der Waals surface area contributed by atoms with Gasteiger partial charge in [-0.25, -0.2) is 4.98 Å². The minimum atomic E-state index is -0.881. The van der Waals surface area contributed by atoms with Crippen LogP contribution in [0.4, 0.5) is 17.1 Å². The highest BCUT2D eigenvalue weighted by Gasteiger charge is 2.15. The van der Waals surface area contributed by atoms with E-state index in [1.54, 1.807) is 18.2 Å². The summed E-state index contributed by atoms with van der Waals surface area (Å²) in [6.07, 6.45) is 1.53. The highest BCUT2D eigenvalue weighted by molar-refractivity contribution is 6.43. The summed E-state index contributed by atoms with van der Waals surface area (Å²) in [4.78, 5) is 40.7. The van der Waals surface area contributed by atoms with Crippen LogP contribution in [0.1, 0.15) is 0 Å². The number of carbonyl (C=O) groups excluding carboxylic acids is 2. The average molecular weight is 325 g/mol. The van der Waals surface area contributed by atoms with Crippen molar-refractivity contribution in [1.82, 2.24) is 9.97 Å². The fourth-order valence-electron chi connectivity index (χ4n) is 2.06. The molecule has 0 aliphatic rings. The number of imidazole rings is 1. The zero-order chi connectivity index (χ0) is 17.1. The van der Waals surface area contributed by atoms with Crippen molar-refractivity contribution in [3.8, 4) is 0 Å². The lowest BCUT2D eigenvalue weighted by Gasteiger charge is -2.06. The van der Waals surface area contributed by atoms with Crippen molar-refractivity contribution in [2.24, 2.45) is 0 Å². The first-order chi connectivity index (χ1) is 11.5. The van der Waals surface area contributed by atoms with Crippen LogP contribution in [0.2, 0.25) is 0 Å². The molecule has 120 valence electrons. The number of carbonyl (C=O) groups is 2. The van der Waals surface area contributed by atoms with Gasteiger partial charge < -0.3 is 15.6 Å². The Morgan fingerprint density at radius 1 is 1.00 bits per heavy atom. The molecule has 0 spiro atoms. The molecule has 0 unspecified atom stereocenters. The van der Waals surface area contributed by atoms with Crippen molar-refractivity contribution in [3.63, 3.8) is 0 Å². The maximum atomic E-state index is 11.9. The number of non-ortho nitro benzene ring substituents is 1. The normalized spacial score (nSPS) is 10.3. The van der Waals surface area contributed by atoms with Gasteiger partial charge >= 0.3 is 11.8 Å². The minimum Gasteiger partial charge on any atom is -0.345 e. The van der Waals surface area contributed by atoms with E-state index < -0.39 is 16.7 Å². The molecular weight excluding hydrogens is 314 g/mol. The van der Waals surface area contributed by atoms with Crippen molar-refractivity contribution in [3.05, 3.63) is 58.9 Å². The van der Waals surface area contributed by atoms with Crippen LogP contribution < -0.4 is 10.6 Å². The molecule has 0 saturated carbocycles. The molecule has 0 fully saturated rings. The lowest BCUT2D eigenvalue weighted by Crippen LogP contribution is -2.29. The minimum absolute atomic E-state index is 0.106. The molecule has 3 N–H and O–H groups in total. The van der Waals surface area contributed by atoms with Crippen LogP contribution in [0, 0.1) is 10.1 Å². The number of nitrogens with one attached hydrogen (secondary N) is 3. The fraction of sp³-hybridized carbons (Fsp3) is 0. The van der Waals surface area contributed by atoms with Crippen LogP contribution in [0.15, 0.2) is 48.8 Å². The maximum Gasteiger partial charge on any atom is 0.314 e. The number of aromatic amines is 1. The summed E-state index contributed by atoms with van der Waals surface area (Å²) in [5, 5.41) is 15.4. The molecule has 1 aromatic heterocycles. The third-order valence-electron chi connectivity index (χ3n) is 3.22. The number of rotatable bonds is 3. The molecule has 0 bridgehead atoms. The highest BCUT2D eigenvalue weighted by Crippen LogP contribution is 2.17. The zero-order valence-electron chi connectivity index (χ0n) is 12.1. The summed E-state index contributed by atoms with van der Waals surface area (Å²) in [6.45, 7) is 0. The van der Waals surface area contributed by atoms with Crippen molar-refractivity contribution in [1.29, 1.82) is 0 Å². The van der Waals surface area contributed by atoms with E-state index in [1.165, 1.54) is 30.6 Å². The van der Waals surface area contributed by atoms with Gasteiger partial charge in [0, 0.05) is 23.5 Å². The van der Waals surface area contributed by atoms with Gasteiger partial charge in [-0.15, -0.1) is 0 Å². The monoisotopic (exact) mass is 325 g/mol. The summed E-state index contributed by atoms with van der Waals surface area (Å²) in [5.41, 5.74) is 2.08. The lowest BCUT2D eigenvalue weighted by molar-refractivity contribution is -0.384. The van der Waals surface area contributed by atoms with Crippen molar-refractivity contribution < 1.29 is 14.5 Å². The van der Waals surface area contributed by atoms with Gasteiger partial charge in [-0.2, -0.15) is 0 Å². The number of hydrogen-bond donors (Lipinski definition) is 3. The first-order valence-electron chi connectivity index (χ1n) is 6.83. The van der Waals surface area contributed by atoms with Crippen molar-refractivity contribution in [2.45, 2.75) is 0 Å². The van der Waals surface area contributed by atoms with Crippen molar-refractivity contribution in [2.75, 3.05) is 10.6 Å². The van der Waals surface area contributed by atoms with E-state index in [4.69, 9.17) is 0 Å². The number of aromatic nitrogens is 2. The van der Waals surface area contributed by atoms with Crippen LogP contribution in [-0.2, 0) is 9.59 Å². The van der Waals surface area contributed by atoms with Gasteiger partial charge in [0.15, 0.2) is 0 Å². The van der Waals surface area contributed by atoms with E-state index in [-0.39, 0.29) is 11.4 Å². The molecule has 0 saturated heterocycles. The second kappa shape index (κ2) is 6.16. The van der Waals surface area contributed by atoms with Crippen LogP contribution in [0.5, 0.6) is 0 Å². The second-order valence-electron chi connectivity index (χ2n) is 4.85. The van der Waals surface area contributed by atoms with Crippen LogP contribution in [0.3, 0.4) is 0 Å². The van der Waals surface area contributed by atoms with Gasteiger partial charge in [0.2, 0.25) is 0 Å². The molecule has 0 aliphatic heterocycles. The van der Waals surface area contributed by atoms with Gasteiger partial charge in [-0.1, -0.05) is 0 Å². The first kappa shape index (κ1) is 15.2. The molecule has 3 aromatic rings. The number of hydrogen-bond acceptors (Lipinski definition) is 5. The second-order valence-corrected chi connectivity index (χ2v) is 4.85. The number of nitrogens with zero attached hydrogens (tertiary/aromatic N) is 2. The van der Waals surface area contributed by atoms with Gasteiger partial charge in [-0.3, -0.25) is 19.7 Å². The van der Waals surface area contributed by atoms with E-state index in [0.29, 0.717) is 5.69 Å². The molecular formula is C15H11N5O4. The number of amides is 2. The third-order valence-corrected chi connectivity index (χ3v) is 3.22. The smallest absolute Gasteiger partial charge is 0.314 e. The Balaban J connectivity index is 1.65. The number of anilines is 2. The molecule has 9 nitrogen and oxygen atoms in total. The molecule has 2 amide bonds. The molecule has 3 rings (SSSR count). The van der Waals surface area contributed by atoms with Crippen LogP contribution >= 0.6 is 0 Å². The summed E-state index contributed by atoms with van der Waals surface area (Å²) in [5.74, 6) is -1.74. The Labute approximate surface area is 134 Å². The quantitative estimate of drug-likeness (QED) is 0.385. The highest BCUT2D eigenvalue weighted by atomic mass is 16.6. The molecule has 2 aromatic carbocycles. The standard InChI is InChI=1S/C15H11N5O4/c21-14(18-9-1-4-11(5-2-9)20(23)24)15(22)19-10-3-6-12-13(7-10)17-8-16-12/h1-8H,(H,16,17)(H,18,21)(H,19,22). The summed E-state index contributed by atoms with van der Waals surface area (Å²) in [7, 11) is 0. The van der Waals surface area contributed by atoms with E-state index in [0.717, 1.165) is 11.0 Å². The third kappa shape index (κ3) is 3.19. The fourth-order valence-corrected chi connectivity index (χ4v) is 2.06. The Bertz CT molecular complexity index is 932. The first-order valence-corrected chi connectivity index (χ1v) is 6.83. The Kier molecular flexibility index (Phi) is 3.89. The van der Waals surface area contributed by atoms with Gasteiger partial charge in [0.1, 0.15) is 0 Å². The predicted octanol–water partition coefficient (Wildman–Crippen LogP) is 2.05. The number of benzene rings is 2. The Morgan fingerprint density at radius 3 is 2.29 bits per heavy atom. The molecule has 0 aliphatic carbocycles. The topological polar surface area (TPSA) is 130 Å². The van der Waals surface area contributed by atoms with E-state index in [9.17, 15) is 19.7 Å². The SMILES string of the molecule is O=C(Nc1ccc([N+](=O)[O-])cc1)C(=O)Nc1ccc2nc[nH]c2c1. The van der Waals surface area contributed by atoms with Crippen molar-refractivity contribution >= 4 is 39.9 Å². The predicted molar refractivity (Wildman–Crippen MR) is 86.4 cm³/mol. The lowest BCUT2D eigenvalue weighted by atomic mass is 10.2. The molecule has 0 atom stereocenters. The van der Waals surface area contributed by atoms with E-state index >= 15 is 0 Å². The number of nitro groups is 1. The number of H-pyrrole nitrogens is 1. The zero-order valence-corrected chi connectivity index (χ0v) is 12.1. The average Bonchev–Trinajstić information content (AvgIpc) is 3.03. The van der Waals surface area contributed by atoms with Crippen LogP contribution in [-0.4, -0.2) is 26.7 Å². The summed E-state index contributed by atoms with van der Waals surface area (Å²) in [6, 6.07) is 10.1. The van der Waals surface area contributed by atoms with E-state index in [1.807, 2.05) is 0 Å². The summed E-state index contributed by atoms with van der Waals surface area (Å²) < 4.78 is 0. The molecule has 1 heterocycles. The Morgan fingerprint density at radius 2 is 1.62 bits per heavy atom. The summed E-state index contributed by atoms with van der Waals surface area (Å²) >= 11 is 0. The largest absolute Gasteiger partial charge is 0.345 e. The van der Waals surface area contributed by atoms with E-state index in [2.05, 4.69) is 20.6 Å². The maximum absolute atomic E-state index is 11.9. The number of nitro benzene ring substituents is 1. The molecule has 9 heteroatoms. The number of fused-ring (bicyclic) bond motifs is 1. The van der Waals surface area contributed by atoms with Gasteiger partial charge in [0.05, 0.1) is 22.3 Å². The van der Waals surface area contributed by atoms with Gasteiger partial charge in [-0.05, 0) is 30.3 Å². The van der Waals surface area contributed by atoms with Crippen LogP contribution in [0.25, 0.3) is 11.0 Å². The molecule has 24 heavy (non-hydrogen) atoms. The van der Waals surface area contributed by atoms with Gasteiger partial charge in [0.25, 0.3) is 5.69 Å². The Hall–Kier alpha value is -3.75.